The molecule has 3 nitrogen and oxygen atoms in total. The summed E-state index contributed by atoms with van der Waals surface area (Å²) in [4.78, 5) is 0. The Balaban J connectivity index is 5.88. The molecule has 0 saturated heterocycles. The van der Waals surface area contributed by atoms with E-state index in [-0.39, 0.29) is 0 Å². The minimum absolute atomic E-state index is 0.749. The zero-order valence-corrected chi connectivity index (χ0v) is 19.3. The summed E-state index contributed by atoms with van der Waals surface area (Å²) in [5, 5.41) is 0. The third kappa shape index (κ3) is 4.57. The van der Waals surface area contributed by atoms with E-state index in [0.29, 0.717) is 0 Å². The second-order valence-corrected chi connectivity index (χ2v) is 21.5. The Labute approximate surface area is 144 Å². The Morgan fingerprint density at radius 3 is 0.913 bits per heavy atom. The Hall–Kier alpha value is 0.940. The average Bonchev–Trinajstić information content (AvgIpc) is 2.59. The summed E-state index contributed by atoms with van der Waals surface area (Å²) in [6.45, 7) is 10.7. The Kier molecular flexibility index (Phi) is 8.42. The molecular weight excluding hydrogens is 352 g/mol. The molecule has 0 atom stereocenters. The second-order valence-electron chi connectivity index (χ2n) is 6.84. The van der Waals surface area contributed by atoms with Gasteiger partial charge >= 0.3 is 144 Å². The van der Waals surface area contributed by atoms with Crippen molar-refractivity contribution < 1.29 is 17.4 Å². The second kappa shape index (κ2) is 8.09. The Morgan fingerprint density at radius 1 is 0.609 bits per heavy atom. The molecule has 0 aliphatic carbocycles. The number of hydrogen-bond donors (Lipinski definition) is 0. The molecular formula is C16H40FO3P3. The van der Waals surface area contributed by atoms with E-state index in [1.54, 1.807) is 0 Å². The molecule has 0 aromatic carbocycles. The first-order valence-electron chi connectivity index (χ1n) is 9.27. The molecule has 0 N–H and O–H groups in total. The summed E-state index contributed by atoms with van der Waals surface area (Å²) < 4.78 is 40.0. The Bertz CT molecular complexity index is 351. The molecule has 0 aromatic rings. The van der Waals surface area contributed by atoms with Gasteiger partial charge in [0.05, 0.1) is 0 Å². The van der Waals surface area contributed by atoms with Crippen molar-refractivity contribution in [2.45, 2.75) is 55.4 Å². The molecule has 0 spiro atoms. The van der Waals surface area contributed by atoms with Crippen molar-refractivity contribution in [3.05, 3.63) is 0 Å². The van der Waals surface area contributed by atoms with Crippen LogP contribution in [0.5, 0.6) is 0 Å². The van der Waals surface area contributed by atoms with Gasteiger partial charge in [-0.1, -0.05) is 0 Å². The van der Waals surface area contributed by atoms with E-state index in [4.69, 9.17) is 8.62 Å². The molecule has 7 heteroatoms. The van der Waals surface area contributed by atoms with Crippen LogP contribution in [-0.2, 0) is 13.2 Å². The fourth-order valence-electron chi connectivity index (χ4n) is 3.71. The van der Waals surface area contributed by atoms with Crippen LogP contribution in [0.2, 0.25) is 0 Å². The van der Waals surface area contributed by atoms with Crippen molar-refractivity contribution in [3.8, 4) is 0 Å². The van der Waals surface area contributed by atoms with Gasteiger partial charge in [-0.15, -0.1) is 0 Å². The van der Waals surface area contributed by atoms with Gasteiger partial charge < -0.3 is 0 Å². The topological polar surface area (TPSA) is 35.5 Å². The monoisotopic (exact) mass is 392 g/mol. The molecule has 0 aliphatic rings. The van der Waals surface area contributed by atoms with Crippen molar-refractivity contribution >= 4 is 21.6 Å². The molecule has 0 unspecified atom stereocenters. The summed E-state index contributed by atoms with van der Waals surface area (Å²) in [6.07, 6.45) is 5.99. The molecule has 0 aliphatic heterocycles. The van der Waals surface area contributed by atoms with Crippen LogP contribution < -0.4 is 0 Å². The van der Waals surface area contributed by atoms with Crippen molar-refractivity contribution in [1.29, 1.82) is 0 Å². The number of rotatable bonds is 12. The maximum atomic E-state index is 15.2. The van der Waals surface area contributed by atoms with E-state index in [1.165, 1.54) is 0 Å². The predicted octanol–water partition coefficient (Wildman–Crippen LogP) is 7.19. The van der Waals surface area contributed by atoms with Gasteiger partial charge in [0, 0.05) is 0 Å². The predicted molar refractivity (Wildman–Crippen MR) is 109 cm³/mol. The summed E-state index contributed by atoms with van der Waals surface area (Å²) in [7, 11) is -4.58. The van der Waals surface area contributed by atoms with E-state index in [1.807, 2.05) is 55.4 Å². The van der Waals surface area contributed by atoms with Gasteiger partial charge in [-0.25, -0.2) is 0 Å². The van der Waals surface area contributed by atoms with Gasteiger partial charge in [-0.05, 0) is 0 Å². The maximum absolute atomic E-state index is 15.2. The fraction of sp³-hybridized carbons (Fsp3) is 1.00. The molecule has 0 heterocycles. The van der Waals surface area contributed by atoms with Crippen molar-refractivity contribution in [1.82, 2.24) is 0 Å². The van der Waals surface area contributed by atoms with Gasteiger partial charge in [0.15, 0.2) is 0 Å². The van der Waals surface area contributed by atoms with E-state index >= 15 is 4.20 Å². The van der Waals surface area contributed by atoms with E-state index in [2.05, 4.69) is 0 Å². The zero-order valence-electron chi connectivity index (χ0n) is 16.6. The first-order valence-corrected chi connectivity index (χ1v) is 16.5. The van der Waals surface area contributed by atoms with Gasteiger partial charge in [-0.2, -0.15) is 0 Å². The summed E-state index contributed by atoms with van der Waals surface area (Å²) in [6, 6.07) is 0. The molecule has 0 radical (unpaired) electrons. The number of hydrogen-bond acceptors (Lipinski definition) is 3. The van der Waals surface area contributed by atoms with Crippen LogP contribution in [0, 0.1) is 0 Å². The van der Waals surface area contributed by atoms with Crippen molar-refractivity contribution in [3.63, 3.8) is 0 Å². The van der Waals surface area contributed by atoms with E-state index < -0.39 is 21.6 Å². The first-order chi connectivity index (χ1) is 10.5. The first kappa shape index (κ1) is 23.9. The van der Waals surface area contributed by atoms with Crippen LogP contribution >= 0.6 is 21.6 Å². The minimum atomic E-state index is -4.58. The van der Waals surface area contributed by atoms with Crippen LogP contribution in [0.3, 0.4) is 0 Å². The zero-order chi connectivity index (χ0) is 18.5. The quantitative estimate of drug-likeness (QED) is 0.330. The van der Waals surface area contributed by atoms with E-state index in [9.17, 15) is 4.57 Å². The normalized spacial score (nSPS) is 19.3. The molecule has 0 bridgehead atoms. The molecule has 0 saturated carbocycles. The van der Waals surface area contributed by atoms with Crippen molar-refractivity contribution in [2.75, 3.05) is 49.3 Å². The summed E-state index contributed by atoms with van der Waals surface area (Å²) in [5.41, 5.74) is 0. The third-order valence-corrected chi connectivity index (χ3v) is 25.1. The van der Waals surface area contributed by atoms with Crippen LogP contribution in [0.15, 0.2) is 0 Å². The van der Waals surface area contributed by atoms with Gasteiger partial charge in [0.2, 0.25) is 0 Å². The molecule has 144 valence electrons. The van der Waals surface area contributed by atoms with Crippen LogP contribution in [0.25, 0.3) is 0 Å². The van der Waals surface area contributed by atoms with Crippen LogP contribution in [0.1, 0.15) is 55.4 Å². The van der Waals surface area contributed by atoms with Crippen LogP contribution in [0.4, 0.5) is 4.20 Å². The molecule has 0 amide bonds. The average molecular weight is 392 g/mol. The SMILES string of the molecule is CCP(CC)(CC)(CC)OP(=O)(F)OP(CC)(CC)(CC)CC. The fourth-order valence-corrected chi connectivity index (χ4v) is 17.6. The van der Waals surface area contributed by atoms with Gasteiger partial charge in [0.25, 0.3) is 0 Å². The van der Waals surface area contributed by atoms with Gasteiger partial charge in [-0.3, -0.25) is 0 Å². The number of halogens is 1. The molecule has 0 rings (SSSR count). The Morgan fingerprint density at radius 2 is 0.783 bits per heavy atom. The van der Waals surface area contributed by atoms with Crippen LogP contribution in [-0.4, -0.2) is 49.3 Å². The third-order valence-electron chi connectivity index (χ3n) is 7.06. The summed E-state index contributed by atoms with van der Waals surface area (Å²) >= 11 is 0. The molecule has 0 fully saturated rings. The molecule has 23 heavy (non-hydrogen) atoms. The standard InChI is InChI=1S/C16H40FO3P3/c1-9-22(10-2,11-3,12-4)19-21(17,18)20-23(13-5,14-6,15-7)16-8/h9-16H2,1-8H3. The van der Waals surface area contributed by atoms with Crippen molar-refractivity contribution in [2.24, 2.45) is 0 Å². The van der Waals surface area contributed by atoms with E-state index in [0.717, 1.165) is 49.3 Å². The summed E-state index contributed by atoms with van der Waals surface area (Å²) in [5.74, 6) is 0. The van der Waals surface area contributed by atoms with Gasteiger partial charge in [0.1, 0.15) is 0 Å². The molecule has 0 aromatic heterocycles.